The molecule has 3 rings (SSSR count). The van der Waals surface area contributed by atoms with Gasteiger partial charge in [0, 0.05) is 37.1 Å². The number of aromatic amines is 1. The van der Waals surface area contributed by atoms with Crippen LogP contribution in [0.1, 0.15) is 29.4 Å². The van der Waals surface area contributed by atoms with Crippen LogP contribution in [0.4, 0.5) is 0 Å². The number of amides is 1. The van der Waals surface area contributed by atoms with Crippen molar-refractivity contribution in [3.05, 3.63) is 35.7 Å². The summed E-state index contributed by atoms with van der Waals surface area (Å²) in [6.07, 6.45) is 6.41. The molecule has 1 aliphatic rings. The monoisotopic (exact) mass is 273 g/mol. The van der Waals surface area contributed by atoms with Crippen molar-refractivity contribution in [3.63, 3.8) is 0 Å². The Balaban J connectivity index is 1.64. The standard InChI is InChI=1S/C14H19N5O/c1-10-7-16-17-14(10)12-3-5-19(8-12)13(20)9-18-6-4-15-11(18)2/h4,6-7,12H,3,5,8-9H2,1-2H3,(H,16,17)/t12-/m1/s1. The third-order valence-electron chi connectivity index (χ3n) is 4.05. The predicted octanol–water partition coefficient (Wildman–Crippen LogP) is 1.24. The van der Waals surface area contributed by atoms with Gasteiger partial charge in [-0.05, 0) is 25.8 Å². The highest BCUT2D eigenvalue weighted by Gasteiger charge is 2.29. The molecular formula is C14H19N5O. The van der Waals surface area contributed by atoms with E-state index in [9.17, 15) is 4.79 Å². The number of hydrogen-bond acceptors (Lipinski definition) is 3. The third-order valence-corrected chi connectivity index (χ3v) is 4.05. The molecule has 1 N–H and O–H groups in total. The molecule has 1 aliphatic heterocycles. The quantitative estimate of drug-likeness (QED) is 0.915. The van der Waals surface area contributed by atoms with E-state index >= 15 is 0 Å². The summed E-state index contributed by atoms with van der Waals surface area (Å²) >= 11 is 0. The first-order chi connectivity index (χ1) is 9.65. The third kappa shape index (κ3) is 2.33. The minimum atomic E-state index is 0.158. The van der Waals surface area contributed by atoms with E-state index in [0.717, 1.165) is 25.3 Å². The van der Waals surface area contributed by atoms with Crippen LogP contribution >= 0.6 is 0 Å². The number of carbonyl (C=O) groups excluding carboxylic acids is 1. The zero-order valence-corrected chi connectivity index (χ0v) is 11.8. The molecule has 0 aliphatic carbocycles. The molecule has 1 saturated heterocycles. The van der Waals surface area contributed by atoms with Gasteiger partial charge in [0.1, 0.15) is 12.4 Å². The molecule has 2 aromatic heterocycles. The van der Waals surface area contributed by atoms with E-state index in [1.165, 1.54) is 11.3 Å². The Morgan fingerprint density at radius 1 is 1.50 bits per heavy atom. The molecular weight excluding hydrogens is 254 g/mol. The van der Waals surface area contributed by atoms with Gasteiger partial charge in [-0.3, -0.25) is 9.89 Å². The Morgan fingerprint density at radius 3 is 3.00 bits per heavy atom. The van der Waals surface area contributed by atoms with E-state index in [4.69, 9.17) is 0 Å². The zero-order chi connectivity index (χ0) is 14.1. The van der Waals surface area contributed by atoms with Crippen molar-refractivity contribution in [2.45, 2.75) is 32.7 Å². The molecule has 0 bridgehead atoms. The molecule has 6 nitrogen and oxygen atoms in total. The summed E-state index contributed by atoms with van der Waals surface area (Å²) in [7, 11) is 0. The molecule has 1 amide bonds. The maximum absolute atomic E-state index is 12.3. The van der Waals surface area contributed by atoms with E-state index < -0.39 is 0 Å². The lowest BCUT2D eigenvalue weighted by molar-refractivity contribution is -0.130. The summed E-state index contributed by atoms with van der Waals surface area (Å²) in [5, 5.41) is 7.13. The van der Waals surface area contributed by atoms with Crippen LogP contribution in [-0.2, 0) is 11.3 Å². The van der Waals surface area contributed by atoms with Crippen molar-refractivity contribution < 1.29 is 4.79 Å². The van der Waals surface area contributed by atoms with Crippen LogP contribution in [-0.4, -0.2) is 43.6 Å². The maximum Gasteiger partial charge on any atom is 0.242 e. The van der Waals surface area contributed by atoms with E-state index in [-0.39, 0.29) is 5.91 Å². The Kier molecular flexibility index (Phi) is 3.30. The van der Waals surface area contributed by atoms with Gasteiger partial charge in [-0.1, -0.05) is 0 Å². The SMILES string of the molecule is Cc1cn[nH]c1[C@@H]1CCN(C(=O)Cn2ccnc2C)C1. The summed E-state index contributed by atoms with van der Waals surface area (Å²) in [6, 6.07) is 0. The second-order valence-corrected chi connectivity index (χ2v) is 5.39. The molecule has 0 spiro atoms. The fraction of sp³-hybridized carbons (Fsp3) is 0.500. The molecule has 6 heteroatoms. The lowest BCUT2D eigenvalue weighted by Gasteiger charge is -2.17. The molecule has 1 fully saturated rings. The van der Waals surface area contributed by atoms with Crippen LogP contribution in [0.25, 0.3) is 0 Å². The van der Waals surface area contributed by atoms with Crippen molar-refractivity contribution in [2.75, 3.05) is 13.1 Å². The van der Waals surface area contributed by atoms with Crippen molar-refractivity contribution in [1.82, 2.24) is 24.6 Å². The van der Waals surface area contributed by atoms with Gasteiger partial charge in [-0.15, -0.1) is 0 Å². The van der Waals surface area contributed by atoms with Crippen LogP contribution in [0.3, 0.4) is 0 Å². The molecule has 0 unspecified atom stereocenters. The van der Waals surface area contributed by atoms with Crippen molar-refractivity contribution >= 4 is 5.91 Å². The fourth-order valence-corrected chi connectivity index (χ4v) is 2.81. The highest BCUT2D eigenvalue weighted by atomic mass is 16.2. The number of nitrogens with zero attached hydrogens (tertiary/aromatic N) is 4. The van der Waals surface area contributed by atoms with Gasteiger partial charge in [0.05, 0.1) is 6.20 Å². The maximum atomic E-state index is 12.3. The average Bonchev–Trinajstić information content (AvgIpc) is 3.11. The predicted molar refractivity (Wildman–Crippen MR) is 74.2 cm³/mol. The summed E-state index contributed by atoms with van der Waals surface area (Å²) in [6.45, 7) is 5.93. The first kappa shape index (κ1) is 12.9. The topological polar surface area (TPSA) is 66.8 Å². The van der Waals surface area contributed by atoms with E-state index in [2.05, 4.69) is 22.1 Å². The highest BCUT2D eigenvalue weighted by Crippen LogP contribution is 2.27. The zero-order valence-electron chi connectivity index (χ0n) is 11.8. The largest absolute Gasteiger partial charge is 0.340 e. The van der Waals surface area contributed by atoms with Gasteiger partial charge < -0.3 is 9.47 Å². The molecule has 20 heavy (non-hydrogen) atoms. The number of aryl methyl sites for hydroxylation is 2. The number of hydrogen-bond donors (Lipinski definition) is 1. The van der Waals surface area contributed by atoms with E-state index in [0.29, 0.717) is 12.5 Å². The van der Waals surface area contributed by atoms with E-state index in [1.54, 1.807) is 6.20 Å². The Hall–Kier alpha value is -2.11. The lowest BCUT2D eigenvalue weighted by Crippen LogP contribution is -2.31. The van der Waals surface area contributed by atoms with Crippen LogP contribution in [0.15, 0.2) is 18.6 Å². The first-order valence-corrected chi connectivity index (χ1v) is 6.90. The second kappa shape index (κ2) is 5.11. The molecule has 1 atom stereocenters. The molecule has 0 radical (unpaired) electrons. The average molecular weight is 273 g/mol. The van der Waals surface area contributed by atoms with Crippen LogP contribution in [0.2, 0.25) is 0 Å². The fourth-order valence-electron chi connectivity index (χ4n) is 2.81. The van der Waals surface area contributed by atoms with Gasteiger partial charge in [0.2, 0.25) is 5.91 Å². The van der Waals surface area contributed by atoms with Crippen molar-refractivity contribution in [3.8, 4) is 0 Å². The number of H-pyrrole nitrogens is 1. The molecule has 0 aromatic carbocycles. The normalized spacial score (nSPS) is 18.7. The van der Waals surface area contributed by atoms with Crippen LogP contribution in [0.5, 0.6) is 0 Å². The summed E-state index contributed by atoms with van der Waals surface area (Å²) < 4.78 is 1.89. The van der Waals surface area contributed by atoms with Gasteiger partial charge >= 0.3 is 0 Å². The molecule has 0 saturated carbocycles. The number of imidazole rings is 1. The number of nitrogens with one attached hydrogen (secondary N) is 1. The van der Waals surface area contributed by atoms with Gasteiger partial charge in [-0.2, -0.15) is 5.10 Å². The van der Waals surface area contributed by atoms with Crippen molar-refractivity contribution in [2.24, 2.45) is 0 Å². The summed E-state index contributed by atoms with van der Waals surface area (Å²) in [4.78, 5) is 18.4. The van der Waals surface area contributed by atoms with Gasteiger partial charge in [0.25, 0.3) is 0 Å². The Labute approximate surface area is 117 Å². The Bertz CT molecular complexity index is 615. The second-order valence-electron chi connectivity index (χ2n) is 5.39. The number of rotatable bonds is 3. The van der Waals surface area contributed by atoms with E-state index in [1.807, 2.05) is 28.8 Å². The summed E-state index contributed by atoms with van der Waals surface area (Å²) in [5.41, 5.74) is 2.34. The van der Waals surface area contributed by atoms with Crippen molar-refractivity contribution in [1.29, 1.82) is 0 Å². The molecule has 106 valence electrons. The van der Waals surface area contributed by atoms with Gasteiger partial charge in [0.15, 0.2) is 0 Å². The Morgan fingerprint density at radius 2 is 2.35 bits per heavy atom. The number of aromatic nitrogens is 4. The highest BCUT2D eigenvalue weighted by molar-refractivity contribution is 5.76. The number of likely N-dealkylation sites (tertiary alicyclic amines) is 1. The number of carbonyl (C=O) groups is 1. The van der Waals surface area contributed by atoms with Gasteiger partial charge in [-0.25, -0.2) is 4.98 Å². The smallest absolute Gasteiger partial charge is 0.242 e. The molecule has 2 aromatic rings. The minimum Gasteiger partial charge on any atom is -0.340 e. The summed E-state index contributed by atoms with van der Waals surface area (Å²) in [5.74, 6) is 1.41. The first-order valence-electron chi connectivity index (χ1n) is 6.90. The van der Waals surface area contributed by atoms with Crippen LogP contribution in [0, 0.1) is 13.8 Å². The molecule has 3 heterocycles. The lowest BCUT2D eigenvalue weighted by atomic mass is 10.0. The van der Waals surface area contributed by atoms with Crippen LogP contribution < -0.4 is 0 Å². The minimum absolute atomic E-state index is 0.158.